The summed E-state index contributed by atoms with van der Waals surface area (Å²) in [5.74, 6) is -0.306. The quantitative estimate of drug-likeness (QED) is 0.894. The molecule has 1 rings (SSSR count). The zero-order valence-electron chi connectivity index (χ0n) is 7.15. The molecular formula is C7H6ClF2NO3S. The first-order chi connectivity index (χ1) is 6.80. The summed E-state index contributed by atoms with van der Waals surface area (Å²) >= 11 is 5.50. The number of sulfonamides is 1. The van der Waals surface area contributed by atoms with Crippen LogP contribution in [0.25, 0.3) is 0 Å². The van der Waals surface area contributed by atoms with Crippen molar-refractivity contribution in [2.75, 3.05) is 0 Å². The number of benzene rings is 1. The molecule has 0 bridgehead atoms. The van der Waals surface area contributed by atoms with Gasteiger partial charge in [-0.1, -0.05) is 11.6 Å². The summed E-state index contributed by atoms with van der Waals surface area (Å²) in [7, 11) is -3.90. The summed E-state index contributed by atoms with van der Waals surface area (Å²) in [6.07, 6.45) is 0. The van der Waals surface area contributed by atoms with E-state index in [1.54, 1.807) is 0 Å². The van der Waals surface area contributed by atoms with E-state index in [4.69, 9.17) is 16.7 Å². The van der Waals surface area contributed by atoms with Crippen LogP contribution in [0.1, 0.15) is 0 Å². The average Bonchev–Trinajstić information content (AvgIpc) is 2.05. The number of hydrogen-bond acceptors (Lipinski definition) is 3. The molecule has 0 saturated heterocycles. The molecule has 0 atom stereocenters. The Morgan fingerprint density at radius 2 is 2.00 bits per heavy atom. The normalized spacial score (nSPS) is 11.8. The van der Waals surface area contributed by atoms with Gasteiger partial charge in [-0.25, -0.2) is 13.6 Å². The molecule has 0 aliphatic carbocycles. The minimum Gasteiger partial charge on any atom is -0.433 e. The van der Waals surface area contributed by atoms with Gasteiger partial charge in [0.15, 0.2) is 0 Å². The summed E-state index contributed by atoms with van der Waals surface area (Å²) in [6.45, 7) is -3.03. The van der Waals surface area contributed by atoms with Gasteiger partial charge in [-0.15, -0.1) is 0 Å². The Labute approximate surface area is 89.6 Å². The molecule has 0 aliphatic heterocycles. The fourth-order valence-corrected chi connectivity index (χ4v) is 1.68. The molecule has 84 valence electrons. The number of hydrogen-bond donors (Lipinski definition) is 1. The highest BCUT2D eigenvalue weighted by Crippen LogP contribution is 2.28. The highest BCUT2D eigenvalue weighted by Gasteiger charge is 2.13. The van der Waals surface area contributed by atoms with Crippen LogP contribution in [-0.2, 0) is 10.0 Å². The van der Waals surface area contributed by atoms with Crippen molar-refractivity contribution in [2.45, 2.75) is 11.5 Å². The second-order valence-corrected chi connectivity index (χ2v) is 4.48. The van der Waals surface area contributed by atoms with Crippen molar-refractivity contribution >= 4 is 21.6 Å². The molecule has 4 nitrogen and oxygen atoms in total. The molecule has 2 N–H and O–H groups in total. The third-order valence-electron chi connectivity index (χ3n) is 1.45. The van der Waals surface area contributed by atoms with Gasteiger partial charge in [0, 0.05) is 0 Å². The lowest BCUT2D eigenvalue weighted by molar-refractivity contribution is -0.0498. The van der Waals surface area contributed by atoms with Crippen LogP contribution in [0.3, 0.4) is 0 Å². The van der Waals surface area contributed by atoms with Crippen molar-refractivity contribution in [3.8, 4) is 5.75 Å². The van der Waals surface area contributed by atoms with Gasteiger partial charge in [0.2, 0.25) is 10.0 Å². The second-order valence-electron chi connectivity index (χ2n) is 2.52. The molecule has 15 heavy (non-hydrogen) atoms. The van der Waals surface area contributed by atoms with Crippen LogP contribution >= 0.6 is 11.6 Å². The molecule has 0 heterocycles. The predicted octanol–water partition coefficient (Wildman–Crippen LogP) is 1.59. The van der Waals surface area contributed by atoms with Crippen LogP contribution in [0.15, 0.2) is 23.1 Å². The summed E-state index contributed by atoms with van der Waals surface area (Å²) in [5, 5.41) is 4.55. The maximum Gasteiger partial charge on any atom is 0.387 e. The molecule has 0 spiro atoms. The van der Waals surface area contributed by atoms with E-state index in [9.17, 15) is 17.2 Å². The lowest BCUT2D eigenvalue weighted by atomic mass is 10.3. The number of halogens is 3. The molecule has 8 heteroatoms. The lowest BCUT2D eigenvalue weighted by Gasteiger charge is -2.07. The van der Waals surface area contributed by atoms with Gasteiger partial charge < -0.3 is 4.74 Å². The van der Waals surface area contributed by atoms with Crippen molar-refractivity contribution in [1.82, 2.24) is 0 Å². The van der Waals surface area contributed by atoms with E-state index in [1.807, 2.05) is 0 Å². The first-order valence-corrected chi connectivity index (χ1v) is 5.50. The van der Waals surface area contributed by atoms with E-state index >= 15 is 0 Å². The van der Waals surface area contributed by atoms with Crippen LogP contribution in [0.5, 0.6) is 5.75 Å². The van der Waals surface area contributed by atoms with Crippen molar-refractivity contribution < 1.29 is 21.9 Å². The fourth-order valence-electron chi connectivity index (χ4n) is 0.850. The highest BCUT2D eigenvalue weighted by atomic mass is 35.5. The zero-order valence-corrected chi connectivity index (χ0v) is 8.73. The Morgan fingerprint density at radius 3 is 2.40 bits per heavy atom. The topological polar surface area (TPSA) is 69.4 Å². The van der Waals surface area contributed by atoms with E-state index in [-0.39, 0.29) is 15.7 Å². The zero-order chi connectivity index (χ0) is 11.6. The maximum absolute atomic E-state index is 11.8. The summed E-state index contributed by atoms with van der Waals surface area (Å²) < 4.78 is 49.3. The number of nitrogens with two attached hydrogens (primary N) is 1. The summed E-state index contributed by atoms with van der Waals surface area (Å²) in [4.78, 5) is -0.269. The van der Waals surface area contributed by atoms with Crippen LogP contribution in [0.4, 0.5) is 8.78 Å². The first kappa shape index (κ1) is 12.2. The molecule has 0 unspecified atom stereocenters. The van der Waals surface area contributed by atoms with Crippen molar-refractivity contribution in [1.29, 1.82) is 0 Å². The second kappa shape index (κ2) is 4.30. The molecular weight excluding hydrogens is 252 g/mol. The number of rotatable bonds is 3. The van der Waals surface area contributed by atoms with Crippen molar-refractivity contribution in [3.63, 3.8) is 0 Å². The van der Waals surface area contributed by atoms with Gasteiger partial charge in [0.1, 0.15) is 5.75 Å². The summed E-state index contributed by atoms with van der Waals surface area (Å²) in [6, 6.07) is 2.97. The predicted molar refractivity (Wildman–Crippen MR) is 49.5 cm³/mol. The number of alkyl halides is 2. The van der Waals surface area contributed by atoms with E-state index < -0.39 is 16.6 Å². The van der Waals surface area contributed by atoms with Gasteiger partial charge >= 0.3 is 6.61 Å². The molecule has 0 fully saturated rings. The Balaban J connectivity index is 3.09. The number of primary sulfonamides is 1. The van der Waals surface area contributed by atoms with E-state index in [0.717, 1.165) is 18.2 Å². The van der Waals surface area contributed by atoms with Crippen LogP contribution in [0, 0.1) is 0 Å². The van der Waals surface area contributed by atoms with Crippen molar-refractivity contribution in [2.24, 2.45) is 5.14 Å². The smallest absolute Gasteiger partial charge is 0.387 e. The molecule has 0 aromatic heterocycles. The molecule has 0 radical (unpaired) electrons. The third kappa shape index (κ3) is 3.29. The van der Waals surface area contributed by atoms with Crippen LogP contribution in [0.2, 0.25) is 5.02 Å². The first-order valence-electron chi connectivity index (χ1n) is 3.58. The minimum atomic E-state index is -3.90. The lowest BCUT2D eigenvalue weighted by Crippen LogP contribution is -2.12. The molecule has 0 amide bonds. The van der Waals surface area contributed by atoms with Crippen LogP contribution < -0.4 is 9.88 Å². The Bertz CT molecular complexity index is 463. The molecule has 0 aliphatic rings. The number of ether oxygens (including phenoxy) is 1. The average molecular weight is 258 g/mol. The maximum atomic E-state index is 11.8. The standard InChI is InChI=1S/C7H6ClF2NO3S/c8-5-3-4(15(11,12)13)1-2-6(5)14-7(9)10/h1-3,7H,(H2,11,12,13). The highest BCUT2D eigenvalue weighted by molar-refractivity contribution is 7.89. The molecule has 1 aromatic carbocycles. The largest absolute Gasteiger partial charge is 0.433 e. The van der Waals surface area contributed by atoms with Gasteiger partial charge in [-0.2, -0.15) is 8.78 Å². The van der Waals surface area contributed by atoms with E-state index in [2.05, 4.69) is 4.74 Å². The van der Waals surface area contributed by atoms with E-state index in [0.29, 0.717) is 0 Å². The Hall–Kier alpha value is -0.920. The molecule has 0 saturated carbocycles. The third-order valence-corrected chi connectivity index (χ3v) is 2.65. The SMILES string of the molecule is NS(=O)(=O)c1ccc(OC(F)F)c(Cl)c1. The van der Waals surface area contributed by atoms with Gasteiger partial charge in [-0.3, -0.25) is 0 Å². The van der Waals surface area contributed by atoms with Gasteiger partial charge in [0.05, 0.1) is 9.92 Å². The van der Waals surface area contributed by atoms with Gasteiger partial charge in [0.25, 0.3) is 0 Å². The monoisotopic (exact) mass is 257 g/mol. The van der Waals surface area contributed by atoms with Crippen LogP contribution in [-0.4, -0.2) is 15.0 Å². The van der Waals surface area contributed by atoms with E-state index in [1.165, 1.54) is 0 Å². The minimum absolute atomic E-state index is 0.248. The Kier molecular flexibility index (Phi) is 3.48. The molecule has 1 aromatic rings. The van der Waals surface area contributed by atoms with Crippen molar-refractivity contribution in [3.05, 3.63) is 23.2 Å². The Morgan fingerprint density at radius 1 is 1.40 bits per heavy atom. The fraction of sp³-hybridized carbons (Fsp3) is 0.143. The summed E-state index contributed by atoms with van der Waals surface area (Å²) in [5.41, 5.74) is 0. The van der Waals surface area contributed by atoms with Gasteiger partial charge in [-0.05, 0) is 18.2 Å².